The highest BCUT2D eigenvalue weighted by atomic mass is 16.3. The second-order valence-electron chi connectivity index (χ2n) is 12.6. The molecule has 2 aromatic heterocycles. The van der Waals surface area contributed by atoms with Gasteiger partial charge < -0.3 is 13.7 Å². The topological polar surface area (TPSA) is 54.2 Å². The van der Waals surface area contributed by atoms with Crippen LogP contribution in [-0.2, 0) is 0 Å². The number of rotatable bonds is 4. The molecular weight excluding hydrogens is 603 g/mol. The average Bonchev–Trinajstić information content (AvgIpc) is 3.74. The van der Waals surface area contributed by atoms with E-state index in [-0.39, 0.29) is 6.17 Å². The molecule has 10 rings (SSSR count). The maximum absolute atomic E-state index is 6.61. The molecule has 1 unspecified atom stereocenters. The molecule has 232 valence electrons. The van der Waals surface area contributed by atoms with Crippen molar-refractivity contribution in [2.75, 3.05) is 7.05 Å². The average molecular weight is 632 g/mol. The first-order chi connectivity index (χ1) is 24.2. The van der Waals surface area contributed by atoms with Crippen LogP contribution in [0.1, 0.15) is 22.9 Å². The van der Waals surface area contributed by atoms with Crippen molar-refractivity contribution in [2.24, 2.45) is 9.98 Å². The van der Waals surface area contributed by atoms with E-state index in [0.717, 1.165) is 82.9 Å². The molecule has 1 aliphatic rings. The van der Waals surface area contributed by atoms with Gasteiger partial charge in [0, 0.05) is 39.7 Å². The Bertz CT molecular complexity index is 2810. The van der Waals surface area contributed by atoms with Crippen molar-refractivity contribution in [1.29, 1.82) is 0 Å². The van der Waals surface area contributed by atoms with Crippen molar-refractivity contribution < 1.29 is 8.83 Å². The van der Waals surface area contributed by atoms with E-state index in [1.165, 1.54) is 5.39 Å². The summed E-state index contributed by atoms with van der Waals surface area (Å²) in [6.07, 6.45) is -0.269. The molecule has 0 spiro atoms. The number of hydrogen-bond donors (Lipinski definition) is 0. The van der Waals surface area contributed by atoms with Gasteiger partial charge >= 0.3 is 0 Å². The summed E-state index contributed by atoms with van der Waals surface area (Å²) >= 11 is 0. The minimum Gasteiger partial charge on any atom is -0.456 e. The Labute approximate surface area is 282 Å². The van der Waals surface area contributed by atoms with E-state index in [0.29, 0.717) is 5.84 Å². The fourth-order valence-corrected chi connectivity index (χ4v) is 7.44. The van der Waals surface area contributed by atoms with Gasteiger partial charge in [-0.05, 0) is 57.8 Å². The second kappa shape index (κ2) is 10.8. The Balaban J connectivity index is 1.23. The summed E-state index contributed by atoms with van der Waals surface area (Å²) < 4.78 is 12.9. The smallest absolute Gasteiger partial charge is 0.159 e. The van der Waals surface area contributed by atoms with E-state index < -0.39 is 0 Å². The summed E-state index contributed by atoms with van der Waals surface area (Å²) in [6, 6.07) is 52.4. The number of aliphatic imine (C=N–C) groups is 2. The molecule has 7 aromatic carbocycles. The highest BCUT2D eigenvalue weighted by Crippen LogP contribution is 2.43. The molecule has 0 bridgehead atoms. The van der Waals surface area contributed by atoms with Crippen molar-refractivity contribution in [2.45, 2.75) is 6.17 Å². The predicted molar refractivity (Wildman–Crippen MR) is 200 cm³/mol. The number of benzene rings is 7. The summed E-state index contributed by atoms with van der Waals surface area (Å²) in [5, 5.41) is 6.60. The lowest BCUT2D eigenvalue weighted by molar-refractivity contribution is 0.383. The third-order valence-corrected chi connectivity index (χ3v) is 9.72. The van der Waals surface area contributed by atoms with Crippen LogP contribution >= 0.6 is 0 Å². The zero-order chi connectivity index (χ0) is 32.5. The number of furan rings is 2. The van der Waals surface area contributed by atoms with E-state index in [4.69, 9.17) is 18.8 Å². The van der Waals surface area contributed by atoms with Crippen LogP contribution < -0.4 is 0 Å². The van der Waals surface area contributed by atoms with Gasteiger partial charge in [-0.15, -0.1) is 0 Å². The van der Waals surface area contributed by atoms with Gasteiger partial charge in [0.2, 0.25) is 0 Å². The van der Waals surface area contributed by atoms with Crippen LogP contribution in [0.4, 0.5) is 0 Å². The molecule has 3 heterocycles. The fraction of sp³-hybridized carbons (Fsp3) is 0.0455. The molecule has 1 aliphatic heterocycles. The SMILES string of the molecule is CN1C(c2cccc3oc4cccc(-c5cccc6oc7ccccc7c56)c4c23)=NC(c2ccc3ccccc3c2)=NC1c1ccccc1. The summed E-state index contributed by atoms with van der Waals surface area (Å²) in [5.41, 5.74) is 8.63. The molecule has 0 aliphatic carbocycles. The van der Waals surface area contributed by atoms with Gasteiger partial charge in [0.05, 0.1) is 0 Å². The van der Waals surface area contributed by atoms with Crippen LogP contribution in [0.3, 0.4) is 0 Å². The number of para-hydroxylation sites is 1. The summed E-state index contributed by atoms with van der Waals surface area (Å²) in [6.45, 7) is 0. The van der Waals surface area contributed by atoms with Gasteiger partial charge in [0.15, 0.2) is 5.84 Å². The largest absolute Gasteiger partial charge is 0.456 e. The minimum absolute atomic E-state index is 0.269. The zero-order valence-corrected chi connectivity index (χ0v) is 26.7. The first kappa shape index (κ1) is 27.6. The zero-order valence-electron chi connectivity index (χ0n) is 26.7. The van der Waals surface area contributed by atoms with Gasteiger partial charge in [-0.25, -0.2) is 9.98 Å². The Morgan fingerprint density at radius 2 is 1.10 bits per heavy atom. The molecule has 0 amide bonds. The molecule has 49 heavy (non-hydrogen) atoms. The number of amidine groups is 2. The Hall–Kier alpha value is -6.46. The Morgan fingerprint density at radius 1 is 0.510 bits per heavy atom. The maximum atomic E-state index is 6.61. The molecular formula is C44H29N3O2. The van der Waals surface area contributed by atoms with Gasteiger partial charge in [-0.2, -0.15) is 0 Å². The third kappa shape index (κ3) is 4.32. The summed E-state index contributed by atoms with van der Waals surface area (Å²) in [7, 11) is 2.08. The molecule has 1 atom stereocenters. The lowest BCUT2D eigenvalue weighted by Crippen LogP contribution is -2.35. The van der Waals surface area contributed by atoms with E-state index in [9.17, 15) is 0 Å². The predicted octanol–water partition coefficient (Wildman–Crippen LogP) is 11.1. The molecule has 0 saturated carbocycles. The van der Waals surface area contributed by atoms with Crippen LogP contribution in [0.15, 0.2) is 170 Å². The number of hydrogen-bond acceptors (Lipinski definition) is 5. The lowest BCUT2D eigenvalue weighted by atomic mass is 9.93. The van der Waals surface area contributed by atoms with Crippen molar-refractivity contribution in [1.82, 2.24) is 4.90 Å². The van der Waals surface area contributed by atoms with Gasteiger partial charge in [0.1, 0.15) is 34.3 Å². The molecule has 0 saturated heterocycles. The molecule has 9 aromatic rings. The molecule has 0 N–H and O–H groups in total. The summed E-state index contributed by atoms with van der Waals surface area (Å²) in [4.78, 5) is 12.8. The standard InChI is InChI=1S/C44H29N3O2/c1-47-43(28-13-3-2-4-14-28)45-42(30-25-24-27-12-5-6-15-29(27)26-30)46-44(47)34-19-11-23-38-41(34)40-32(18-10-22-37(40)49-38)31-17-9-21-36-39(31)33-16-7-8-20-35(33)48-36/h2-26,43H,1H3. The minimum atomic E-state index is -0.269. The second-order valence-corrected chi connectivity index (χ2v) is 12.6. The van der Waals surface area contributed by atoms with Gasteiger partial charge in [-0.1, -0.05) is 121 Å². The van der Waals surface area contributed by atoms with E-state index in [1.54, 1.807) is 0 Å². The molecule has 0 radical (unpaired) electrons. The van der Waals surface area contributed by atoms with Crippen LogP contribution in [0.5, 0.6) is 0 Å². The third-order valence-electron chi connectivity index (χ3n) is 9.72. The molecule has 0 fully saturated rings. The molecule has 5 nitrogen and oxygen atoms in total. The lowest BCUT2D eigenvalue weighted by Gasteiger charge is -2.32. The normalized spacial score (nSPS) is 15.0. The van der Waals surface area contributed by atoms with Crippen LogP contribution in [0, 0.1) is 0 Å². The van der Waals surface area contributed by atoms with Crippen LogP contribution in [-0.4, -0.2) is 23.6 Å². The number of nitrogens with zero attached hydrogens (tertiary/aromatic N) is 3. The van der Waals surface area contributed by atoms with Gasteiger partial charge in [-0.3, -0.25) is 0 Å². The van der Waals surface area contributed by atoms with E-state index in [2.05, 4.69) is 133 Å². The highest BCUT2D eigenvalue weighted by Gasteiger charge is 2.29. The first-order valence-corrected chi connectivity index (χ1v) is 16.5. The Kier molecular flexibility index (Phi) is 6.09. The van der Waals surface area contributed by atoms with Crippen molar-refractivity contribution in [3.05, 3.63) is 168 Å². The fourth-order valence-electron chi connectivity index (χ4n) is 7.44. The van der Waals surface area contributed by atoms with Crippen LogP contribution in [0.25, 0.3) is 65.8 Å². The molecule has 5 heteroatoms. The quantitative estimate of drug-likeness (QED) is 0.194. The Morgan fingerprint density at radius 3 is 1.90 bits per heavy atom. The van der Waals surface area contributed by atoms with Crippen molar-refractivity contribution in [3.63, 3.8) is 0 Å². The highest BCUT2D eigenvalue weighted by molar-refractivity contribution is 6.25. The van der Waals surface area contributed by atoms with Crippen molar-refractivity contribution in [3.8, 4) is 11.1 Å². The summed E-state index contributed by atoms with van der Waals surface area (Å²) in [5.74, 6) is 1.54. The number of fused-ring (bicyclic) bond motifs is 7. The van der Waals surface area contributed by atoms with E-state index >= 15 is 0 Å². The van der Waals surface area contributed by atoms with E-state index in [1.807, 2.05) is 30.3 Å². The van der Waals surface area contributed by atoms with Crippen LogP contribution in [0.2, 0.25) is 0 Å². The van der Waals surface area contributed by atoms with Gasteiger partial charge in [0.25, 0.3) is 0 Å². The maximum Gasteiger partial charge on any atom is 0.159 e. The first-order valence-electron chi connectivity index (χ1n) is 16.5. The van der Waals surface area contributed by atoms with Crippen molar-refractivity contribution >= 4 is 66.3 Å². The monoisotopic (exact) mass is 631 g/mol.